The summed E-state index contributed by atoms with van der Waals surface area (Å²) in [6.07, 6.45) is 0. The fraction of sp³-hybridized carbons (Fsp3) is 0.190. The van der Waals surface area contributed by atoms with E-state index >= 15 is 0 Å². The molecule has 0 aliphatic carbocycles. The van der Waals surface area contributed by atoms with Crippen LogP contribution in [0.2, 0.25) is 5.02 Å². The van der Waals surface area contributed by atoms with Gasteiger partial charge in [-0.25, -0.2) is 0 Å². The maximum atomic E-state index is 6.00. The fourth-order valence-corrected chi connectivity index (χ4v) is 3.60. The van der Waals surface area contributed by atoms with Gasteiger partial charge in [0, 0.05) is 42.5 Å². The summed E-state index contributed by atoms with van der Waals surface area (Å²) in [5, 5.41) is 0.715. The van der Waals surface area contributed by atoms with Gasteiger partial charge in [0.05, 0.1) is 0 Å². The molecule has 0 unspecified atom stereocenters. The molecule has 5 heteroatoms. The Morgan fingerprint density at radius 2 is 1.54 bits per heavy atom. The molecule has 3 nitrogen and oxygen atoms in total. The van der Waals surface area contributed by atoms with Gasteiger partial charge in [0.25, 0.3) is 0 Å². The first-order chi connectivity index (χ1) is 12.7. The number of thiocarbonyl (C=S) groups is 1. The van der Waals surface area contributed by atoms with Gasteiger partial charge in [0.15, 0.2) is 5.76 Å². The standard InChI is InChI=1S/C21H19ClN2OS/c22-17-8-6-16(7-9-17)19-10-11-20(25-19)21(26)24-14-12-23(13-15-24)18-4-2-1-3-5-18/h1-11H,12-15H2. The number of hydrogen-bond acceptors (Lipinski definition) is 3. The van der Waals surface area contributed by atoms with Crippen molar-refractivity contribution in [2.75, 3.05) is 31.1 Å². The van der Waals surface area contributed by atoms with Gasteiger partial charge in [-0.3, -0.25) is 0 Å². The summed E-state index contributed by atoms with van der Waals surface area (Å²) in [6, 6.07) is 22.0. The van der Waals surface area contributed by atoms with Crippen molar-refractivity contribution in [2.45, 2.75) is 0 Å². The number of anilines is 1. The third-order valence-corrected chi connectivity index (χ3v) is 5.35. The van der Waals surface area contributed by atoms with Crippen molar-refractivity contribution in [1.29, 1.82) is 0 Å². The molecule has 1 fully saturated rings. The Balaban J connectivity index is 1.42. The predicted molar refractivity (Wildman–Crippen MR) is 111 cm³/mol. The largest absolute Gasteiger partial charge is 0.454 e. The normalized spacial score (nSPS) is 14.5. The lowest BCUT2D eigenvalue weighted by atomic mass is 10.2. The highest BCUT2D eigenvalue weighted by Gasteiger charge is 2.21. The van der Waals surface area contributed by atoms with Crippen LogP contribution < -0.4 is 4.90 Å². The van der Waals surface area contributed by atoms with Gasteiger partial charge in [-0.15, -0.1) is 0 Å². The molecule has 1 aliphatic rings. The zero-order valence-corrected chi connectivity index (χ0v) is 15.8. The van der Waals surface area contributed by atoms with Gasteiger partial charge < -0.3 is 14.2 Å². The molecule has 1 aromatic heterocycles. The van der Waals surface area contributed by atoms with Crippen LogP contribution in [-0.2, 0) is 0 Å². The average molecular weight is 383 g/mol. The van der Waals surface area contributed by atoms with E-state index < -0.39 is 0 Å². The number of para-hydroxylation sites is 1. The molecule has 0 radical (unpaired) electrons. The first-order valence-electron chi connectivity index (χ1n) is 8.66. The molecular formula is C21H19ClN2OS. The quantitative estimate of drug-likeness (QED) is 0.587. The highest BCUT2D eigenvalue weighted by atomic mass is 35.5. The summed E-state index contributed by atoms with van der Waals surface area (Å²) >= 11 is 11.6. The van der Waals surface area contributed by atoms with Crippen LogP contribution >= 0.6 is 23.8 Å². The number of halogens is 1. The topological polar surface area (TPSA) is 19.6 Å². The second-order valence-electron chi connectivity index (χ2n) is 6.29. The highest BCUT2D eigenvalue weighted by molar-refractivity contribution is 7.80. The molecule has 1 saturated heterocycles. The lowest BCUT2D eigenvalue weighted by Gasteiger charge is -2.37. The second-order valence-corrected chi connectivity index (χ2v) is 7.11. The van der Waals surface area contributed by atoms with Crippen molar-refractivity contribution in [3.8, 4) is 11.3 Å². The molecule has 0 amide bonds. The van der Waals surface area contributed by atoms with Crippen molar-refractivity contribution >= 4 is 34.5 Å². The van der Waals surface area contributed by atoms with Crippen LogP contribution in [0.5, 0.6) is 0 Å². The molecule has 0 saturated carbocycles. The van der Waals surface area contributed by atoms with Gasteiger partial charge in [-0.2, -0.15) is 0 Å². The van der Waals surface area contributed by atoms with Crippen LogP contribution in [0.25, 0.3) is 11.3 Å². The van der Waals surface area contributed by atoms with E-state index in [4.69, 9.17) is 28.2 Å². The highest BCUT2D eigenvalue weighted by Crippen LogP contribution is 2.25. The number of furan rings is 1. The molecular weight excluding hydrogens is 364 g/mol. The maximum Gasteiger partial charge on any atom is 0.162 e. The van der Waals surface area contributed by atoms with E-state index in [1.165, 1.54) is 5.69 Å². The van der Waals surface area contributed by atoms with Crippen molar-refractivity contribution < 1.29 is 4.42 Å². The van der Waals surface area contributed by atoms with Gasteiger partial charge in [-0.1, -0.05) is 42.0 Å². The Labute approximate surface area is 163 Å². The van der Waals surface area contributed by atoms with E-state index in [1.54, 1.807) is 0 Å². The molecule has 0 spiro atoms. The van der Waals surface area contributed by atoms with E-state index in [2.05, 4.69) is 34.1 Å². The Morgan fingerprint density at radius 1 is 0.846 bits per heavy atom. The molecule has 0 atom stereocenters. The minimum atomic E-state index is 0.715. The lowest BCUT2D eigenvalue weighted by molar-refractivity contribution is 0.385. The molecule has 0 N–H and O–H groups in total. The van der Waals surface area contributed by atoms with Crippen LogP contribution in [0.15, 0.2) is 71.1 Å². The van der Waals surface area contributed by atoms with E-state index in [0.29, 0.717) is 5.02 Å². The zero-order chi connectivity index (χ0) is 17.9. The van der Waals surface area contributed by atoms with Crippen molar-refractivity contribution in [3.05, 3.63) is 77.5 Å². The van der Waals surface area contributed by atoms with Crippen molar-refractivity contribution in [2.24, 2.45) is 0 Å². The van der Waals surface area contributed by atoms with Crippen LogP contribution in [0.3, 0.4) is 0 Å². The number of benzene rings is 2. The van der Waals surface area contributed by atoms with Gasteiger partial charge in [0.2, 0.25) is 0 Å². The van der Waals surface area contributed by atoms with E-state index in [0.717, 1.165) is 48.3 Å². The molecule has 26 heavy (non-hydrogen) atoms. The summed E-state index contributed by atoms with van der Waals surface area (Å²) in [6.45, 7) is 3.69. The monoisotopic (exact) mass is 382 g/mol. The number of piperazine rings is 1. The summed E-state index contributed by atoms with van der Waals surface area (Å²) < 4.78 is 6.00. The SMILES string of the molecule is S=C(c1ccc(-c2ccc(Cl)cc2)o1)N1CCN(c2ccccc2)CC1. The van der Waals surface area contributed by atoms with Crippen LogP contribution in [0, 0.1) is 0 Å². The molecule has 0 bridgehead atoms. The molecule has 4 rings (SSSR count). The Bertz CT molecular complexity index is 884. The summed E-state index contributed by atoms with van der Waals surface area (Å²) in [7, 11) is 0. The molecule has 3 aromatic rings. The summed E-state index contributed by atoms with van der Waals surface area (Å²) in [4.78, 5) is 5.39. The predicted octanol–water partition coefficient (Wildman–Crippen LogP) is 5.10. The summed E-state index contributed by atoms with van der Waals surface area (Å²) in [5.41, 5.74) is 2.26. The average Bonchev–Trinajstić information content (AvgIpc) is 3.19. The third-order valence-electron chi connectivity index (χ3n) is 4.63. The summed E-state index contributed by atoms with van der Waals surface area (Å²) in [5.74, 6) is 1.56. The first-order valence-corrected chi connectivity index (χ1v) is 9.44. The Hall–Kier alpha value is -2.30. The third kappa shape index (κ3) is 3.62. The Morgan fingerprint density at radius 3 is 2.23 bits per heavy atom. The Kier molecular flexibility index (Phi) is 4.96. The van der Waals surface area contributed by atoms with E-state index in [-0.39, 0.29) is 0 Å². The van der Waals surface area contributed by atoms with Gasteiger partial charge in [-0.05, 0) is 48.5 Å². The molecule has 2 heterocycles. The lowest BCUT2D eigenvalue weighted by Crippen LogP contribution is -2.48. The number of nitrogens with zero attached hydrogens (tertiary/aromatic N) is 2. The smallest absolute Gasteiger partial charge is 0.162 e. The second kappa shape index (κ2) is 7.52. The number of rotatable bonds is 3. The molecule has 2 aromatic carbocycles. The van der Waals surface area contributed by atoms with E-state index in [9.17, 15) is 0 Å². The van der Waals surface area contributed by atoms with Crippen LogP contribution in [-0.4, -0.2) is 36.1 Å². The zero-order valence-electron chi connectivity index (χ0n) is 14.3. The maximum absolute atomic E-state index is 6.00. The van der Waals surface area contributed by atoms with Gasteiger partial charge in [0.1, 0.15) is 10.7 Å². The van der Waals surface area contributed by atoms with Crippen molar-refractivity contribution in [1.82, 2.24) is 4.90 Å². The van der Waals surface area contributed by atoms with Crippen LogP contribution in [0.4, 0.5) is 5.69 Å². The number of hydrogen-bond donors (Lipinski definition) is 0. The minimum Gasteiger partial charge on any atom is -0.454 e. The first kappa shape index (κ1) is 17.1. The van der Waals surface area contributed by atoms with E-state index in [1.807, 2.05) is 42.5 Å². The minimum absolute atomic E-state index is 0.715. The fourth-order valence-electron chi connectivity index (χ4n) is 3.18. The molecule has 1 aliphatic heterocycles. The van der Waals surface area contributed by atoms with Crippen molar-refractivity contribution in [3.63, 3.8) is 0 Å². The van der Waals surface area contributed by atoms with Gasteiger partial charge >= 0.3 is 0 Å². The molecule has 132 valence electrons. The van der Waals surface area contributed by atoms with Crippen LogP contribution in [0.1, 0.15) is 5.76 Å².